The van der Waals surface area contributed by atoms with E-state index in [1.54, 1.807) is 11.3 Å². The molecule has 2 N–H and O–H groups in total. The summed E-state index contributed by atoms with van der Waals surface area (Å²) in [6.45, 7) is 2.12. The summed E-state index contributed by atoms with van der Waals surface area (Å²) in [4.78, 5) is 13.1. The van der Waals surface area contributed by atoms with E-state index in [1.807, 2.05) is 0 Å². The van der Waals surface area contributed by atoms with Crippen molar-refractivity contribution in [2.75, 3.05) is 13.1 Å². The molecule has 2 saturated carbocycles. The number of hydrogen-bond donors (Lipinski definition) is 2. The molecule has 0 unspecified atom stereocenters. The molecule has 0 atom stereocenters. The smallest absolute Gasteiger partial charge is 0.317 e. The number of carboxylic acid groups (broad SMARTS) is 1. The number of rotatable bonds is 8. The number of nitrogens with one attached hydrogen (secondary N) is 1. The summed E-state index contributed by atoms with van der Waals surface area (Å²) in [7, 11) is 0. The van der Waals surface area contributed by atoms with Gasteiger partial charge in [0.25, 0.3) is 0 Å². The molecular formula is C15H22N2O2S. The molecule has 0 aromatic carbocycles. The first kappa shape index (κ1) is 14.0. The van der Waals surface area contributed by atoms with Crippen LogP contribution in [0.2, 0.25) is 0 Å². The van der Waals surface area contributed by atoms with Gasteiger partial charge < -0.3 is 10.4 Å². The van der Waals surface area contributed by atoms with Crippen LogP contribution in [0.4, 0.5) is 0 Å². The third kappa shape index (κ3) is 3.81. The molecule has 0 bridgehead atoms. The Kier molecular flexibility index (Phi) is 4.38. The first-order chi connectivity index (χ1) is 9.70. The summed E-state index contributed by atoms with van der Waals surface area (Å²) in [6, 6.07) is 3.17. The Morgan fingerprint density at radius 2 is 2.25 bits per heavy atom. The van der Waals surface area contributed by atoms with Gasteiger partial charge in [0.1, 0.15) is 0 Å². The molecular weight excluding hydrogens is 272 g/mol. The first-order valence-corrected chi connectivity index (χ1v) is 8.35. The van der Waals surface area contributed by atoms with E-state index in [0.29, 0.717) is 12.1 Å². The predicted octanol–water partition coefficient (Wildman–Crippen LogP) is 2.17. The molecule has 1 aromatic rings. The van der Waals surface area contributed by atoms with Crippen LogP contribution in [-0.4, -0.2) is 41.1 Å². The Balaban J connectivity index is 1.41. The minimum Gasteiger partial charge on any atom is -0.480 e. The average Bonchev–Trinajstić information content (AvgIpc) is 3.00. The summed E-state index contributed by atoms with van der Waals surface area (Å²) in [5, 5.41) is 16.9. The second-order valence-corrected chi connectivity index (χ2v) is 6.88. The number of nitrogens with zero attached hydrogens (tertiary/aromatic N) is 1. The maximum absolute atomic E-state index is 11.0. The second-order valence-electron chi connectivity index (χ2n) is 6.10. The topological polar surface area (TPSA) is 52.6 Å². The Labute approximate surface area is 123 Å². The van der Waals surface area contributed by atoms with Gasteiger partial charge in [-0.15, -0.1) is 0 Å². The van der Waals surface area contributed by atoms with Crippen molar-refractivity contribution in [3.8, 4) is 0 Å². The standard InChI is InChI=1S/C15H22N2O2S/c18-15(19)9-17(8-11-1-2-11)14-5-13(6-14)16-7-12-3-4-20-10-12/h3-4,10-11,13-14,16H,1-2,5-9H2,(H,18,19). The molecule has 1 heterocycles. The number of carbonyl (C=O) groups is 1. The molecule has 0 saturated heterocycles. The van der Waals surface area contributed by atoms with Crippen LogP contribution in [0.3, 0.4) is 0 Å². The van der Waals surface area contributed by atoms with Gasteiger partial charge in [-0.2, -0.15) is 11.3 Å². The van der Waals surface area contributed by atoms with Gasteiger partial charge in [0.2, 0.25) is 0 Å². The zero-order valence-corrected chi connectivity index (χ0v) is 12.4. The molecule has 0 aliphatic heterocycles. The normalized spacial score (nSPS) is 25.6. The van der Waals surface area contributed by atoms with Gasteiger partial charge in [0, 0.05) is 25.2 Å². The molecule has 0 amide bonds. The van der Waals surface area contributed by atoms with Crippen molar-refractivity contribution in [1.82, 2.24) is 10.2 Å². The maximum Gasteiger partial charge on any atom is 0.317 e. The molecule has 5 heteroatoms. The third-order valence-electron chi connectivity index (χ3n) is 4.33. The van der Waals surface area contributed by atoms with Crippen molar-refractivity contribution in [1.29, 1.82) is 0 Å². The number of aliphatic carboxylic acids is 1. The molecule has 4 nitrogen and oxygen atoms in total. The zero-order valence-electron chi connectivity index (χ0n) is 11.6. The highest BCUT2D eigenvalue weighted by Crippen LogP contribution is 2.33. The molecule has 2 aliphatic rings. The first-order valence-electron chi connectivity index (χ1n) is 7.41. The number of hydrogen-bond acceptors (Lipinski definition) is 4. The van der Waals surface area contributed by atoms with Crippen LogP contribution in [0.1, 0.15) is 31.2 Å². The predicted molar refractivity (Wildman–Crippen MR) is 79.9 cm³/mol. The highest BCUT2D eigenvalue weighted by atomic mass is 32.1. The van der Waals surface area contributed by atoms with Gasteiger partial charge in [0.15, 0.2) is 0 Å². The summed E-state index contributed by atoms with van der Waals surface area (Å²) in [5.74, 6) is 0.0625. The Bertz CT molecular complexity index is 439. The van der Waals surface area contributed by atoms with E-state index >= 15 is 0 Å². The zero-order chi connectivity index (χ0) is 13.9. The minimum absolute atomic E-state index is 0.207. The number of carboxylic acids is 1. The lowest BCUT2D eigenvalue weighted by Gasteiger charge is -2.43. The third-order valence-corrected chi connectivity index (χ3v) is 5.06. The van der Waals surface area contributed by atoms with E-state index < -0.39 is 5.97 Å². The largest absolute Gasteiger partial charge is 0.480 e. The highest BCUT2D eigenvalue weighted by Gasteiger charge is 2.36. The van der Waals surface area contributed by atoms with Crippen LogP contribution in [0, 0.1) is 5.92 Å². The fourth-order valence-corrected chi connectivity index (χ4v) is 3.53. The summed E-state index contributed by atoms with van der Waals surface area (Å²) in [5.41, 5.74) is 1.35. The van der Waals surface area contributed by atoms with Crippen LogP contribution in [0.5, 0.6) is 0 Å². The van der Waals surface area contributed by atoms with Gasteiger partial charge in [-0.1, -0.05) is 0 Å². The van der Waals surface area contributed by atoms with Gasteiger partial charge in [-0.05, 0) is 54.0 Å². The molecule has 0 radical (unpaired) electrons. The lowest BCUT2D eigenvalue weighted by molar-refractivity contribution is -0.139. The monoisotopic (exact) mass is 294 g/mol. The fraction of sp³-hybridized carbons (Fsp3) is 0.667. The van der Waals surface area contributed by atoms with Crippen LogP contribution in [-0.2, 0) is 11.3 Å². The number of thiophene rings is 1. The van der Waals surface area contributed by atoms with Crippen molar-refractivity contribution in [2.24, 2.45) is 5.92 Å². The van der Waals surface area contributed by atoms with Crippen molar-refractivity contribution >= 4 is 17.3 Å². The highest BCUT2D eigenvalue weighted by molar-refractivity contribution is 7.07. The molecule has 1 aromatic heterocycles. The van der Waals surface area contributed by atoms with Crippen molar-refractivity contribution < 1.29 is 9.90 Å². The van der Waals surface area contributed by atoms with Crippen molar-refractivity contribution in [2.45, 2.75) is 44.3 Å². The van der Waals surface area contributed by atoms with E-state index in [-0.39, 0.29) is 6.54 Å². The van der Waals surface area contributed by atoms with E-state index in [1.165, 1.54) is 18.4 Å². The molecule has 3 rings (SSSR count). The van der Waals surface area contributed by atoms with Crippen LogP contribution < -0.4 is 5.32 Å². The van der Waals surface area contributed by atoms with Crippen molar-refractivity contribution in [3.05, 3.63) is 22.4 Å². The van der Waals surface area contributed by atoms with Crippen LogP contribution in [0.15, 0.2) is 16.8 Å². The molecule has 20 heavy (non-hydrogen) atoms. The van der Waals surface area contributed by atoms with E-state index in [4.69, 9.17) is 5.11 Å². The summed E-state index contributed by atoms with van der Waals surface area (Å²) < 4.78 is 0. The summed E-state index contributed by atoms with van der Waals surface area (Å²) >= 11 is 1.73. The summed E-state index contributed by atoms with van der Waals surface area (Å²) in [6.07, 6.45) is 4.74. The van der Waals surface area contributed by atoms with Gasteiger partial charge in [0.05, 0.1) is 6.54 Å². The van der Waals surface area contributed by atoms with E-state index in [0.717, 1.165) is 31.8 Å². The van der Waals surface area contributed by atoms with Gasteiger partial charge >= 0.3 is 5.97 Å². The Morgan fingerprint density at radius 1 is 1.45 bits per heavy atom. The van der Waals surface area contributed by atoms with Crippen molar-refractivity contribution in [3.63, 3.8) is 0 Å². The average molecular weight is 294 g/mol. The lowest BCUT2D eigenvalue weighted by Crippen LogP contribution is -2.54. The Morgan fingerprint density at radius 3 is 2.85 bits per heavy atom. The van der Waals surface area contributed by atoms with Crippen LogP contribution >= 0.6 is 11.3 Å². The molecule has 0 spiro atoms. The second kappa shape index (κ2) is 6.24. The molecule has 110 valence electrons. The SMILES string of the molecule is O=C(O)CN(CC1CC1)C1CC(NCc2ccsc2)C1. The quantitative estimate of drug-likeness (QED) is 0.771. The fourth-order valence-electron chi connectivity index (χ4n) is 2.86. The van der Waals surface area contributed by atoms with Gasteiger partial charge in [-0.25, -0.2) is 0 Å². The molecule has 2 aliphatic carbocycles. The minimum atomic E-state index is -0.694. The maximum atomic E-state index is 11.0. The Hall–Kier alpha value is -0.910. The van der Waals surface area contributed by atoms with Crippen LogP contribution in [0.25, 0.3) is 0 Å². The van der Waals surface area contributed by atoms with E-state index in [9.17, 15) is 4.79 Å². The molecule has 2 fully saturated rings. The lowest BCUT2D eigenvalue weighted by atomic mass is 9.85. The van der Waals surface area contributed by atoms with Gasteiger partial charge in [-0.3, -0.25) is 9.69 Å². The van der Waals surface area contributed by atoms with E-state index in [2.05, 4.69) is 27.0 Å².